The number of nitrogens with one attached hydrogen (secondary N) is 2. The third-order valence-electron chi connectivity index (χ3n) is 4.15. The number of rotatable bonds is 7. The van der Waals surface area contributed by atoms with Gasteiger partial charge in [-0.25, -0.2) is 0 Å². The van der Waals surface area contributed by atoms with E-state index in [0.717, 1.165) is 18.5 Å². The summed E-state index contributed by atoms with van der Waals surface area (Å²) in [4.78, 5) is 12.4. The van der Waals surface area contributed by atoms with E-state index < -0.39 is 0 Å². The van der Waals surface area contributed by atoms with E-state index in [1.807, 2.05) is 25.1 Å². The van der Waals surface area contributed by atoms with Gasteiger partial charge in [0.2, 0.25) is 0 Å². The summed E-state index contributed by atoms with van der Waals surface area (Å²) < 4.78 is 5.56. The van der Waals surface area contributed by atoms with Crippen LogP contribution in [0.4, 0.5) is 5.69 Å². The maximum atomic E-state index is 12.4. The van der Waals surface area contributed by atoms with E-state index in [-0.39, 0.29) is 11.0 Å². The topological polar surface area (TPSA) is 50.4 Å². The largest absolute Gasteiger partial charge is 0.494 e. The molecule has 1 unspecified atom stereocenters. The van der Waals surface area contributed by atoms with Crippen molar-refractivity contribution >= 4 is 28.9 Å². The fourth-order valence-electron chi connectivity index (χ4n) is 2.42. The van der Waals surface area contributed by atoms with Gasteiger partial charge in [0.25, 0.3) is 5.91 Å². The highest BCUT2D eigenvalue weighted by molar-refractivity contribution is 7.80. The summed E-state index contributed by atoms with van der Waals surface area (Å²) in [6, 6.07) is 15.2. The van der Waals surface area contributed by atoms with Crippen LogP contribution in [0.2, 0.25) is 0 Å². The number of ether oxygens (including phenoxy) is 1. The quantitative estimate of drug-likeness (QED) is 0.665. The van der Waals surface area contributed by atoms with Crippen LogP contribution in [0.3, 0.4) is 0 Å². The van der Waals surface area contributed by atoms with Crippen LogP contribution < -0.4 is 15.4 Å². The molecular weight excluding hydrogens is 344 g/mol. The van der Waals surface area contributed by atoms with Gasteiger partial charge >= 0.3 is 0 Å². The van der Waals surface area contributed by atoms with E-state index in [1.165, 1.54) is 5.56 Å². The first-order chi connectivity index (χ1) is 12.5. The highest BCUT2D eigenvalue weighted by Gasteiger charge is 2.09. The van der Waals surface area contributed by atoms with Crippen LogP contribution in [0.5, 0.6) is 5.75 Å². The second-order valence-electron chi connectivity index (χ2n) is 6.22. The molecule has 0 radical (unpaired) electrons. The molecule has 1 amide bonds. The Hall–Kier alpha value is -2.40. The summed E-state index contributed by atoms with van der Waals surface area (Å²) in [5.74, 6) is 0.942. The number of thiocarbonyl (C=S) groups is 1. The zero-order valence-corrected chi connectivity index (χ0v) is 16.4. The Morgan fingerprint density at radius 1 is 1.15 bits per heavy atom. The molecule has 0 bridgehead atoms. The first kappa shape index (κ1) is 19.9. The van der Waals surface area contributed by atoms with Crippen molar-refractivity contribution in [2.45, 2.75) is 39.5 Å². The minimum Gasteiger partial charge on any atom is -0.494 e. The number of hydrogen-bond donors (Lipinski definition) is 2. The van der Waals surface area contributed by atoms with E-state index in [2.05, 4.69) is 36.6 Å². The van der Waals surface area contributed by atoms with Gasteiger partial charge in [0.1, 0.15) is 5.75 Å². The predicted molar refractivity (Wildman–Crippen MR) is 111 cm³/mol. The lowest BCUT2D eigenvalue weighted by atomic mass is 9.99. The number of carbonyl (C=O) groups excluding carboxylic acids is 1. The zero-order valence-electron chi connectivity index (χ0n) is 15.5. The molecule has 2 aromatic rings. The fraction of sp³-hybridized carbons (Fsp3) is 0.333. The lowest BCUT2D eigenvalue weighted by molar-refractivity contribution is 0.0977. The second-order valence-corrected chi connectivity index (χ2v) is 6.62. The molecule has 2 N–H and O–H groups in total. The first-order valence-electron chi connectivity index (χ1n) is 8.98. The molecular formula is C21H26N2O2S. The van der Waals surface area contributed by atoms with E-state index in [4.69, 9.17) is 17.0 Å². The number of anilines is 1. The smallest absolute Gasteiger partial charge is 0.257 e. The molecule has 0 heterocycles. The molecule has 0 spiro atoms. The summed E-state index contributed by atoms with van der Waals surface area (Å²) in [6.45, 7) is 7.03. The van der Waals surface area contributed by atoms with Crippen molar-refractivity contribution in [3.63, 3.8) is 0 Å². The van der Waals surface area contributed by atoms with Crippen molar-refractivity contribution < 1.29 is 9.53 Å². The number of carbonyl (C=O) groups is 1. The molecule has 0 aliphatic heterocycles. The predicted octanol–water partition coefficient (Wildman–Crippen LogP) is 5.12. The van der Waals surface area contributed by atoms with E-state index in [1.54, 1.807) is 18.2 Å². The van der Waals surface area contributed by atoms with Crippen LogP contribution in [0, 0.1) is 0 Å². The lowest BCUT2D eigenvalue weighted by Gasteiger charge is -2.12. The van der Waals surface area contributed by atoms with E-state index >= 15 is 0 Å². The Kier molecular flexibility index (Phi) is 7.60. The average Bonchev–Trinajstić information content (AvgIpc) is 2.66. The fourth-order valence-corrected chi connectivity index (χ4v) is 2.63. The molecule has 0 fully saturated rings. The van der Waals surface area contributed by atoms with Gasteiger partial charge in [-0.2, -0.15) is 0 Å². The Morgan fingerprint density at radius 2 is 1.88 bits per heavy atom. The zero-order chi connectivity index (χ0) is 18.9. The second kappa shape index (κ2) is 9.92. The first-order valence-corrected chi connectivity index (χ1v) is 9.39. The van der Waals surface area contributed by atoms with E-state index in [0.29, 0.717) is 23.8 Å². The third-order valence-corrected chi connectivity index (χ3v) is 4.35. The van der Waals surface area contributed by atoms with Gasteiger partial charge < -0.3 is 10.1 Å². The third kappa shape index (κ3) is 5.85. The SMILES string of the molecule is CCCOc1cccc(C(=O)NC(=S)Nc2ccc(C(C)CC)cc2)c1. The van der Waals surface area contributed by atoms with Crippen LogP contribution in [0.15, 0.2) is 48.5 Å². The maximum Gasteiger partial charge on any atom is 0.257 e. The van der Waals surface area contributed by atoms with Crippen LogP contribution in [-0.2, 0) is 0 Å². The Balaban J connectivity index is 1.93. The number of benzene rings is 2. The van der Waals surface area contributed by atoms with Crippen molar-refractivity contribution in [2.24, 2.45) is 0 Å². The highest BCUT2D eigenvalue weighted by Crippen LogP contribution is 2.20. The monoisotopic (exact) mass is 370 g/mol. The molecule has 0 saturated carbocycles. The van der Waals surface area contributed by atoms with Gasteiger partial charge in [-0.05, 0) is 66.9 Å². The van der Waals surface area contributed by atoms with Gasteiger partial charge in [-0.1, -0.05) is 39.0 Å². The van der Waals surface area contributed by atoms with Gasteiger partial charge in [-0.3, -0.25) is 10.1 Å². The lowest BCUT2D eigenvalue weighted by Crippen LogP contribution is -2.34. The van der Waals surface area contributed by atoms with E-state index in [9.17, 15) is 4.79 Å². The summed E-state index contributed by atoms with van der Waals surface area (Å²) in [7, 11) is 0. The molecule has 0 aromatic heterocycles. The Labute approximate surface area is 161 Å². The number of hydrogen-bond acceptors (Lipinski definition) is 3. The van der Waals surface area contributed by atoms with Gasteiger partial charge in [0, 0.05) is 11.3 Å². The summed E-state index contributed by atoms with van der Waals surface area (Å²) in [5, 5.41) is 6.02. The molecule has 2 rings (SSSR count). The molecule has 0 aliphatic carbocycles. The Bertz CT molecular complexity index is 744. The molecule has 2 aromatic carbocycles. The summed E-state index contributed by atoms with van der Waals surface area (Å²) in [5.41, 5.74) is 2.65. The van der Waals surface area contributed by atoms with Gasteiger partial charge in [-0.15, -0.1) is 0 Å². The molecule has 0 aliphatic rings. The molecule has 1 atom stereocenters. The van der Waals surface area contributed by atoms with Crippen molar-refractivity contribution in [3.8, 4) is 5.75 Å². The standard InChI is InChI=1S/C21H26N2O2S/c1-4-13-25-19-8-6-7-17(14-19)20(24)23-21(26)22-18-11-9-16(10-12-18)15(3)5-2/h6-12,14-15H,4-5,13H2,1-3H3,(H2,22,23,24,26). The van der Waals surface area contributed by atoms with Crippen LogP contribution in [-0.4, -0.2) is 17.6 Å². The molecule has 5 heteroatoms. The van der Waals surface area contributed by atoms with Gasteiger partial charge in [0.15, 0.2) is 5.11 Å². The highest BCUT2D eigenvalue weighted by atomic mass is 32.1. The molecule has 26 heavy (non-hydrogen) atoms. The minimum atomic E-state index is -0.263. The maximum absolute atomic E-state index is 12.4. The van der Waals surface area contributed by atoms with Crippen LogP contribution in [0.25, 0.3) is 0 Å². The molecule has 0 saturated heterocycles. The van der Waals surface area contributed by atoms with Crippen molar-refractivity contribution in [2.75, 3.05) is 11.9 Å². The average molecular weight is 371 g/mol. The van der Waals surface area contributed by atoms with Gasteiger partial charge in [0.05, 0.1) is 6.61 Å². The van der Waals surface area contributed by atoms with Crippen LogP contribution >= 0.6 is 12.2 Å². The normalized spacial score (nSPS) is 11.5. The van der Waals surface area contributed by atoms with Crippen molar-refractivity contribution in [3.05, 3.63) is 59.7 Å². The summed E-state index contributed by atoms with van der Waals surface area (Å²) >= 11 is 5.25. The Morgan fingerprint density at radius 3 is 2.54 bits per heavy atom. The van der Waals surface area contributed by atoms with Crippen molar-refractivity contribution in [1.82, 2.24) is 5.32 Å². The minimum absolute atomic E-state index is 0.263. The molecule has 138 valence electrons. The number of amides is 1. The molecule has 4 nitrogen and oxygen atoms in total. The summed E-state index contributed by atoms with van der Waals surface area (Å²) in [6.07, 6.45) is 2.02. The van der Waals surface area contributed by atoms with Crippen LogP contribution in [0.1, 0.15) is 55.5 Å². The van der Waals surface area contributed by atoms with Crippen molar-refractivity contribution in [1.29, 1.82) is 0 Å².